The lowest BCUT2D eigenvalue weighted by atomic mass is 10.2. The maximum absolute atomic E-state index is 10.9. The van der Waals surface area contributed by atoms with Gasteiger partial charge in [-0.15, -0.1) is 0 Å². The predicted octanol–water partition coefficient (Wildman–Crippen LogP) is 5.13. The lowest BCUT2D eigenvalue weighted by Gasteiger charge is -1.96. The number of allylic oxidation sites excluding steroid dienone is 8. The maximum Gasteiger partial charge on any atom is 0.305 e. The molecule has 2 nitrogen and oxygen atoms in total. The van der Waals surface area contributed by atoms with Crippen LogP contribution in [0.2, 0.25) is 0 Å². The molecular formula is C18H28O2. The van der Waals surface area contributed by atoms with Crippen LogP contribution in [-0.2, 0) is 9.53 Å². The predicted molar refractivity (Wildman–Crippen MR) is 86.6 cm³/mol. The number of carbonyl (C=O) groups excluding carboxylic acids is 1. The zero-order valence-electron chi connectivity index (χ0n) is 12.9. The molecule has 0 radical (unpaired) electrons. The second-order valence-electron chi connectivity index (χ2n) is 4.51. The van der Waals surface area contributed by atoms with E-state index in [0.29, 0.717) is 6.42 Å². The second-order valence-corrected chi connectivity index (χ2v) is 4.51. The van der Waals surface area contributed by atoms with Gasteiger partial charge in [-0.25, -0.2) is 0 Å². The Morgan fingerprint density at radius 1 is 0.850 bits per heavy atom. The Hall–Kier alpha value is -1.57. The molecule has 0 aliphatic carbocycles. The van der Waals surface area contributed by atoms with Crippen molar-refractivity contribution in [3.8, 4) is 0 Å². The van der Waals surface area contributed by atoms with Crippen molar-refractivity contribution >= 4 is 5.97 Å². The van der Waals surface area contributed by atoms with Crippen LogP contribution in [0.4, 0.5) is 0 Å². The summed E-state index contributed by atoms with van der Waals surface area (Å²) >= 11 is 0. The summed E-state index contributed by atoms with van der Waals surface area (Å²) in [6.07, 6.45) is 23.8. The van der Waals surface area contributed by atoms with Crippen molar-refractivity contribution in [3.63, 3.8) is 0 Å². The van der Waals surface area contributed by atoms with Gasteiger partial charge in [-0.05, 0) is 45.4 Å². The highest BCUT2D eigenvalue weighted by Gasteiger charge is 1.97. The van der Waals surface area contributed by atoms with Gasteiger partial charge in [0.25, 0.3) is 0 Å². The molecule has 0 amide bonds. The van der Waals surface area contributed by atoms with Gasteiger partial charge in [0.1, 0.15) is 0 Å². The Bertz CT molecular complexity index is 335. The van der Waals surface area contributed by atoms with E-state index in [0.717, 1.165) is 38.5 Å². The van der Waals surface area contributed by atoms with Crippen LogP contribution in [0.3, 0.4) is 0 Å². The van der Waals surface area contributed by atoms with Crippen molar-refractivity contribution in [1.29, 1.82) is 0 Å². The first-order valence-electron chi connectivity index (χ1n) is 7.44. The van der Waals surface area contributed by atoms with Crippen LogP contribution in [0.25, 0.3) is 0 Å². The summed E-state index contributed by atoms with van der Waals surface area (Å²) < 4.78 is 4.59. The van der Waals surface area contributed by atoms with Crippen molar-refractivity contribution in [2.45, 2.75) is 51.9 Å². The number of unbranched alkanes of at least 4 members (excludes halogenated alkanes) is 2. The molecule has 0 fully saturated rings. The third-order valence-electron chi connectivity index (χ3n) is 2.78. The van der Waals surface area contributed by atoms with Crippen LogP contribution in [0.5, 0.6) is 0 Å². The van der Waals surface area contributed by atoms with Crippen molar-refractivity contribution in [1.82, 2.24) is 0 Å². The minimum atomic E-state index is -0.112. The molecule has 0 aromatic carbocycles. The highest BCUT2D eigenvalue weighted by Crippen LogP contribution is 2.02. The number of rotatable bonds is 11. The van der Waals surface area contributed by atoms with E-state index in [-0.39, 0.29) is 5.97 Å². The Kier molecular flexibility index (Phi) is 14.3. The molecule has 0 aromatic heterocycles. The molecule has 0 N–H and O–H groups in total. The number of hydrogen-bond acceptors (Lipinski definition) is 2. The fourth-order valence-electron chi connectivity index (χ4n) is 1.60. The topological polar surface area (TPSA) is 26.3 Å². The molecule has 0 saturated carbocycles. The van der Waals surface area contributed by atoms with E-state index in [1.54, 1.807) is 0 Å². The zero-order chi connectivity index (χ0) is 14.9. The highest BCUT2D eigenvalue weighted by molar-refractivity contribution is 5.68. The van der Waals surface area contributed by atoms with Crippen molar-refractivity contribution in [2.24, 2.45) is 0 Å². The summed E-state index contributed by atoms with van der Waals surface area (Å²) in [7, 11) is 1.43. The fraction of sp³-hybridized carbons (Fsp3) is 0.500. The Morgan fingerprint density at radius 2 is 1.40 bits per heavy atom. The third kappa shape index (κ3) is 14.5. The average molecular weight is 276 g/mol. The van der Waals surface area contributed by atoms with Crippen LogP contribution in [0.15, 0.2) is 48.6 Å². The van der Waals surface area contributed by atoms with Gasteiger partial charge in [-0.3, -0.25) is 4.79 Å². The van der Waals surface area contributed by atoms with Gasteiger partial charge in [0, 0.05) is 6.42 Å². The molecule has 2 heteroatoms. The Balaban J connectivity index is 3.38. The lowest BCUT2D eigenvalue weighted by Crippen LogP contribution is -1.98. The van der Waals surface area contributed by atoms with Gasteiger partial charge in [-0.2, -0.15) is 0 Å². The van der Waals surface area contributed by atoms with Gasteiger partial charge in [0.05, 0.1) is 7.11 Å². The minimum absolute atomic E-state index is 0.112. The largest absolute Gasteiger partial charge is 0.469 e. The number of ether oxygens (including phenoxy) is 1. The number of methoxy groups -OCH3 is 1. The second kappa shape index (κ2) is 15.5. The molecule has 0 spiro atoms. The number of hydrogen-bond donors (Lipinski definition) is 0. The molecule has 0 rings (SSSR count). The molecule has 0 atom stereocenters. The van der Waals surface area contributed by atoms with Gasteiger partial charge >= 0.3 is 5.97 Å². The lowest BCUT2D eigenvalue weighted by molar-refractivity contribution is -0.140. The average Bonchev–Trinajstić information content (AvgIpc) is 2.47. The summed E-state index contributed by atoms with van der Waals surface area (Å²) in [6, 6.07) is 0. The first-order valence-corrected chi connectivity index (χ1v) is 7.44. The van der Waals surface area contributed by atoms with E-state index in [1.165, 1.54) is 7.11 Å². The quantitative estimate of drug-likeness (QED) is 0.297. The molecule has 0 aliphatic heterocycles. The zero-order valence-corrected chi connectivity index (χ0v) is 12.9. The fourth-order valence-corrected chi connectivity index (χ4v) is 1.60. The first kappa shape index (κ1) is 18.4. The SMILES string of the molecule is C/C=C\C/C=C\C/C=C\C/C=C\CCCCC(=O)OC. The van der Waals surface area contributed by atoms with E-state index in [4.69, 9.17) is 0 Å². The highest BCUT2D eigenvalue weighted by atomic mass is 16.5. The standard InChI is InChI=1S/C18H28O2/c1-3-4-5-6-7-8-9-10-11-12-13-14-15-16-17-18(19)20-2/h3-4,6-7,9-10,12-13H,5,8,11,14-17H2,1-2H3/b4-3-,7-6-,10-9-,13-12-. The molecule has 112 valence electrons. The molecule has 20 heavy (non-hydrogen) atoms. The summed E-state index contributed by atoms with van der Waals surface area (Å²) in [5.41, 5.74) is 0. The van der Waals surface area contributed by atoms with E-state index in [9.17, 15) is 4.79 Å². The van der Waals surface area contributed by atoms with Crippen LogP contribution in [0, 0.1) is 0 Å². The van der Waals surface area contributed by atoms with Crippen molar-refractivity contribution < 1.29 is 9.53 Å². The summed E-state index contributed by atoms with van der Waals surface area (Å²) in [5.74, 6) is -0.112. The van der Waals surface area contributed by atoms with Crippen molar-refractivity contribution in [2.75, 3.05) is 7.11 Å². The van der Waals surface area contributed by atoms with Gasteiger partial charge < -0.3 is 4.74 Å². The summed E-state index contributed by atoms with van der Waals surface area (Å²) in [4.78, 5) is 10.9. The number of esters is 1. The van der Waals surface area contributed by atoms with Crippen LogP contribution in [0.1, 0.15) is 51.9 Å². The van der Waals surface area contributed by atoms with E-state index >= 15 is 0 Å². The van der Waals surface area contributed by atoms with Crippen LogP contribution >= 0.6 is 0 Å². The minimum Gasteiger partial charge on any atom is -0.469 e. The first-order chi connectivity index (χ1) is 9.81. The van der Waals surface area contributed by atoms with E-state index in [2.05, 4.69) is 53.3 Å². The molecular weight excluding hydrogens is 248 g/mol. The van der Waals surface area contributed by atoms with Crippen LogP contribution < -0.4 is 0 Å². The third-order valence-corrected chi connectivity index (χ3v) is 2.78. The molecule has 0 saturated heterocycles. The summed E-state index contributed by atoms with van der Waals surface area (Å²) in [6.45, 7) is 2.04. The van der Waals surface area contributed by atoms with E-state index in [1.807, 2.05) is 6.92 Å². The maximum atomic E-state index is 10.9. The van der Waals surface area contributed by atoms with Gasteiger partial charge in [-0.1, -0.05) is 48.6 Å². The van der Waals surface area contributed by atoms with Gasteiger partial charge in [0.2, 0.25) is 0 Å². The normalized spacial score (nSPS) is 12.3. The molecule has 0 aliphatic rings. The molecule has 0 aromatic rings. The Morgan fingerprint density at radius 3 is 1.95 bits per heavy atom. The smallest absolute Gasteiger partial charge is 0.305 e. The summed E-state index contributed by atoms with van der Waals surface area (Å²) in [5, 5.41) is 0. The monoisotopic (exact) mass is 276 g/mol. The molecule has 0 unspecified atom stereocenters. The van der Waals surface area contributed by atoms with Crippen molar-refractivity contribution in [3.05, 3.63) is 48.6 Å². The van der Waals surface area contributed by atoms with Crippen LogP contribution in [-0.4, -0.2) is 13.1 Å². The number of carbonyl (C=O) groups is 1. The molecule has 0 bridgehead atoms. The van der Waals surface area contributed by atoms with Gasteiger partial charge in [0.15, 0.2) is 0 Å². The molecule has 0 heterocycles. The van der Waals surface area contributed by atoms with E-state index < -0.39 is 0 Å². The Labute approximate surface area is 123 Å².